The number of ketones is 1. The van der Waals surface area contributed by atoms with Crippen LogP contribution in [0, 0.1) is 0 Å². The number of cyclic esters (lactones) is 2. The highest BCUT2D eigenvalue weighted by molar-refractivity contribution is 6.04. The second kappa shape index (κ2) is 47.3. The average molecular weight is 777 g/mol. The Balaban J connectivity index is 0. The third-order valence-electron chi connectivity index (χ3n) is 8.91. The third kappa shape index (κ3) is 51.1. The maximum absolute atomic E-state index is 11.2. The van der Waals surface area contributed by atoms with E-state index in [0.29, 0.717) is 13.2 Å². The van der Waals surface area contributed by atoms with E-state index in [1.165, 1.54) is 161 Å². The Morgan fingerprint density at radius 3 is 1.20 bits per heavy atom. The molecular weight excluding hydrogens is 696 g/mol. The van der Waals surface area contributed by atoms with Gasteiger partial charge in [0.15, 0.2) is 5.78 Å². The summed E-state index contributed by atoms with van der Waals surface area (Å²) in [6.07, 6.45) is 49.8. The predicted molar refractivity (Wildman–Crippen MR) is 225 cm³/mol. The SMILES string of the molecule is CCCCCCCC/C=C\CCCCCCCCOCC(=O)/C=C\C(=O)O.CCCCCCCC/C=C\CCCCCCCCOCO.O=C1C=CC(=O)O1. The van der Waals surface area contributed by atoms with E-state index in [1.807, 2.05) is 0 Å². The smallest absolute Gasteiger partial charge is 0.338 e. The molecule has 1 aliphatic heterocycles. The van der Waals surface area contributed by atoms with Crippen LogP contribution in [0.2, 0.25) is 0 Å². The number of unbranched alkanes of at least 4 members (excludes halogenated alkanes) is 24. The van der Waals surface area contributed by atoms with E-state index < -0.39 is 17.9 Å². The van der Waals surface area contributed by atoms with Gasteiger partial charge in [0.05, 0.1) is 0 Å². The second-order valence-corrected chi connectivity index (χ2v) is 14.2. The van der Waals surface area contributed by atoms with Gasteiger partial charge in [-0.25, -0.2) is 14.4 Å². The zero-order chi connectivity index (χ0) is 40.7. The Bertz CT molecular complexity index is 983. The summed E-state index contributed by atoms with van der Waals surface area (Å²) >= 11 is 0. The molecule has 0 aromatic rings. The molecule has 1 aliphatic rings. The van der Waals surface area contributed by atoms with Crippen LogP contribution >= 0.6 is 0 Å². The largest absolute Gasteiger partial charge is 0.478 e. The van der Waals surface area contributed by atoms with Crippen molar-refractivity contribution in [3.05, 3.63) is 48.6 Å². The number of rotatable bonds is 37. The quantitative estimate of drug-likeness (QED) is 0.0158. The summed E-state index contributed by atoms with van der Waals surface area (Å²) in [6, 6.07) is 0. The maximum Gasteiger partial charge on any atom is 0.338 e. The number of aliphatic hydroxyl groups excluding tert-OH is 1. The minimum absolute atomic E-state index is 0.0329. The molecule has 0 aromatic carbocycles. The van der Waals surface area contributed by atoms with Crippen LogP contribution in [0.1, 0.15) is 194 Å². The van der Waals surface area contributed by atoms with E-state index in [2.05, 4.69) is 42.9 Å². The van der Waals surface area contributed by atoms with Gasteiger partial charge in [0.1, 0.15) is 13.4 Å². The molecule has 1 heterocycles. The average Bonchev–Trinajstić information content (AvgIpc) is 3.56. The number of aliphatic hydroxyl groups is 1. The second-order valence-electron chi connectivity index (χ2n) is 14.2. The van der Waals surface area contributed by atoms with Crippen molar-refractivity contribution in [3.8, 4) is 0 Å². The molecule has 0 spiro atoms. The molecule has 0 aliphatic carbocycles. The number of hydrogen-bond acceptors (Lipinski definition) is 8. The molecule has 0 amide bonds. The van der Waals surface area contributed by atoms with Gasteiger partial charge in [-0.3, -0.25) is 4.79 Å². The van der Waals surface area contributed by atoms with Crippen LogP contribution in [-0.4, -0.2) is 60.5 Å². The zero-order valence-corrected chi connectivity index (χ0v) is 35.0. The van der Waals surface area contributed by atoms with Crippen molar-refractivity contribution < 1.29 is 43.6 Å². The van der Waals surface area contributed by atoms with Crippen molar-refractivity contribution in [2.75, 3.05) is 26.6 Å². The van der Waals surface area contributed by atoms with Gasteiger partial charge < -0.3 is 24.4 Å². The van der Waals surface area contributed by atoms with Crippen LogP contribution in [0.25, 0.3) is 0 Å². The Morgan fingerprint density at radius 2 is 0.873 bits per heavy atom. The standard InChI is InChI=1S/C23H40O4.C19H38O2.C4H2O3/c1-2-3-4-5-6-7-8-9-10-11-12-13-14-15-16-17-20-27-21-22(24)18-19-23(25)26;1-2-3-4-5-6-7-8-9-10-11-12-13-14-15-16-17-18-21-19-20;5-3-1-2-4(6)7-3/h9-10,18-19H,2-8,11-17,20-21H2,1H3,(H,25,26);9-10,20H,2-8,11-19H2,1H3;1-2H/b10-9-,19-18-;10-9-;. The molecule has 9 nitrogen and oxygen atoms in total. The van der Waals surface area contributed by atoms with E-state index in [1.54, 1.807) is 0 Å². The molecule has 0 fully saturated rings. The van der Waals surface area contributed by atoms with Crippen molar-refractivity contribution in [3.63, 3.8) is 0 Å². The van der Waals surface area contributed by atoms with E-state index in [9.17, 15) is 19.2 Å². The predicted octanol–water partition coefficient (Wildman–Crippen LogP) is 11.9. The Kier molecular flexibility index (Phi) is 46.6. The third-order valence-corrected chi connectivity index (χ3v) is 8.91. The number of carbonyl (C=O) groups is 4. The van der Waals surface area contributed by atoms with Crippen molar-refractivity contribution in [1.29, 1.82) is 0 Å². The molecule has 0 aromatic heterocycles. The fourth-order valence-electron chi connectivity index (χ4n) is 5.66. The lowest BCUT2D eigenvalue weighted by atomic mass is 10.1. The summed E-state index contributed by atoms with van der Waals surface area (Å²) in [7, 11) is 0. The first-order chi connectivity index (χ1) is 26.9. The number of aliphatic carboxylic acids is 1. The van der Waals surface area contributed by atoms with Crippen LogP contribution in [-0.2, 0) is 33.4 Å². The molecule has 0 radical (unpaired) electrons. The van der Waals surface area contributed by atoms with Gasteiger partial charge in [-0.15, -0.1) is 0 Å². The van der Waals surface area contributed by atoms with Crippen molar-refractivity contribution >= 4 is 23.7 Å². The summed E-state index contributed by atoms with van der Waals surface area (Å²) in [5.41, 5.74) is 0. The maximum atomic E-state index is 11.2. The van der Waals surface area contributed by atoms with Crippen molar-refractivity contribution in [1.82, 2.24) is 0 Å². The van der Waals surface area contributed by atoms with Crippen molar-refractivity contribution in [2.24, 2.45) is 0 Å². The Hall–Kier alpha value is -2.88. The summed E-state index contributed by atoms with van der Waals surface area (Å²) in [6.45, 7) is 5.63. The molecule has 318 valence electrons. The number of carboxylic acids is 1. The Labute approximate surface area is 335 Å². The summed E-state index contributed by atoms with van der Waals surface area (Å²) in [4.78, 5) is 41.3. The first kappa shape index (κ1) is 54.2. The molecule has 0 saturated carbocycles. The lowest BCUT2D eigenvalue weighted by molar-refractivity contribution is -0.150. The minimum atomic E-state index is -1.11. The van der Waals surface area contributed by atoms with Crippen molar-refractivity contribution in [2.45, 2.75) is 194 Å². The number of hydrogen-bond donors (Lipinski definition) is 2. The molecule has 0 unspecified atom stereocenters. The zero-order valence-electron chi connectivity index (χ0n) is 35.0. The van der Waals surface area contributed by atoms with E-state index in [-0.39, 0.29) is 19.2 Å². The first-order valence-electron chi connectivity index (χ1n) is 21.8. The number of carboxylic acid groups (broad SMARTS) is 1. The van der Waals surface area contributed by atoms with Crippen LogP contribution in [0.5, 0.6) is 0 Å². The van der Waals surface area contributed by atoms with E-state index in [0.717, 1.165) is 43.6 Å². The van der Waals surface area contributed by atoms with Gasteiger partial charge >= 0.3 is 17.9 Å². The highest BCUT2D eigenvalue weighted by Gasteiger charge is 2.10. The van der Waals surface area contributed by atoms with Crippen LogP contribution in [0.4, 0.5) is 0 Å². The van der Waals surface area contributed by atoms with Gasteiger partial charge in [0.2, 0.25) is 0 Å². The fraction of sp³-hybridized carbons (Fsp3) is 0.739. The highest BCUT2D eigenvalue weighted by atomic mass is 16.6. The number of ether oxygens (including phenoxy) is 3. The summed E-state index contributed by atoms with van der Waals surface area (Å²) < 4.78 is 14.1. The molecular formula is C46H80O9. The number of carbonyl (C=O) groups excluding carboxylic acids is 3. The van der Waals surface area contributed by atoms with E-state index >= 15 is 0 Å². The van der Waals surface area contributed by atoms with Crippen LogP contribution in [0.15, 0.2) is 48.6 Å². The van der Waals surface area contributed by atoms with E-state index in [4.69, 9.17) is 19.7 Å². The van der Waals surface area contributed by atoms with Gasteiger partial charge in [-0.2, -0.15) is 0 Å². The molecule has 0 bridgehead atoms. The van der Waals surface area contributed by atoms with Gasteiger partial charge in [0.25, 0.3) is 0 Å². The van der Waals surface area contributed by atoms with Gasteiger partial charge in [0, 0.05) is 31.4 Å². The molecule has 1 rings (SSSR count). The normalized spacial score (nSPS) is 12.3. The molecule has 55 heavy (non-hydrogen) atoms. The fourth-order valence-corrected chi connectivity index (χ4v) is 5.66. The lowest BCUT2D eigenvalue weighted by Gasteiger charge is -2.02. The van der Waals surface area contributed by atoms with Crippen LogP contribution in [0.3, 0.4) is 0 Å². The lowest BCUT2D eigenvalue weighted by Crippen LogP contribution is -2.07. The topological polar surface area (TPSA) is 136 Å². The minimum Gasteiger partial charge on any atom is -0.478 e. The number of esters is 2. The summed E-state index contributed by atoms with van der Waals surface area (Å²) in [5.74, 6) is -2.58. The molecule has 2 N–H and O–H groups in total. The number of allylic oxidation sites excluding steroid dienone is 4. The Morgan fingerprint density at radius 1 is 0.527 bits per heavy atom. The molecule has 0 saturated heterocycles. The highest BCUT2D eigenvalue weighted by Crippen LogP contribution is 2.11. The van der Waals surface area contributed by atoms with Gasteiger partial charge in [-0.05, 0) is 70.3 Å². The van der Waals surface area contributed by atoms with Crippen LogP contribution < -0.4 is 0 Å². The first-order valence-corrected chi connectivity index (χ1v) is 21.8. The monoisotopic (exact) mass is 777 g/mol. The van der Waals surface area contributed by atoms with Gasteiger partial charge in [-0.1, -0.05) is 154 Å². The molecule has 9 heteroatoms. The molecule has 0 atom stereocenters. The summed E-state index contributed by atoms with van der Waals surface area (Å²) in [5, 5.41) is 16.9.